The molecule has 0 bridgehead atoms. The molecule has 0 nitrogen and oxygen atoms in total. The molecule has 4 rings (SSSR count). The maximum atomic E-state index is 6.47. The van der Waals surface area contributed by atoms with E-state index < -0.39 is 24.0 Å². The lowest BCUT2D eigenvalue weighted by molar-refractivity contribution is 1.27. The highest BCUT2D eigenvalue weighted by atomic mass is 29.2. The van der Waals surface area contributed by atoms with Crippen molar-refractivity contribution in [2.75, 3.05) is 0 Å². The minimum Gasteiger partial charge on any atom is -0.130 e. The summed E-state index contributed by atoms with van der Waals surface area (Å²) in [6.07, 6.45) is 6.47. The Morgan fingerprint density at radius 2 is 1.13 bits per heavy atom. The van der Waals surface area contributed by atoms with Gasteiger partial charge in [-0.25, -0.2) is 0 Å². The van der Waals surface area contributed by atoms with Gasteiger partial charge in [-0.1, -0.05) is 161 Å². The molecular formula is C35H39Si3. The van der Waals surface area contributed by atoms with Gasteiger partial charge in [0.05, 0.1) is 8.31 Å². The van der Waals surface area contributed by atoms with Crippen molar-refractivity contribution in [1.29, 1.82) is 0 Å². The summed E-state index contributed by atoms with van der Waals surface area (Å²) < 4.78 is 0. The summed E-state index contributed by atoms with van der Waals surface area (Å²) in [5.74, 6) is 7.27. The fraction of sp³-hybridized carbons (Fsp3) is 0.257. The molecule has 191 valence electrons. The highest BCUT2D eigenvalue weighted by molar-refractivity contribution is 7.36. The van der Waals surface area contributed by atoms with Gasteiger partial charge in [0.2, 0.25) is 0 Å². The van der Waals surface area contributed by atoms with Crippen molar-refractivity contribution in [2.24, 2.45) is 0 Å². The van der Waals surface area contributed by atoms with Crippen molar-refractivity contribution in [3.63, 3.8) is 0 Å². The lowest BCUT2D eigenvalue weighted by atomic mass is 9.92. The zero-order valence-corrected chi connectivity index (χ0v) is 26.6. The first-order valence-electron chi connectivity index (χ1n) is 14.0. The largest absolute Gasteiger partial charge is 0.167 e. The predicted molar refractivity (Wildman–Crippen MR) is 174 cm³/mol. The van der Waals surface area contributed by atoms with Crippen molar-refractivity contribution >= 4 is 40.3 Å². The monoisotopic (exact) mass is 543 g/mol. The van der Waals surface area contributed by atoms with E-state index in [4.69, 9.17) is 6.42 Å². The topological polar surface area (TPSA) is 0 Å². The van der Waals surface area contributed by atoms with E-state index in [-0.39, 0.29) is 0 Å². The maximum absolute atomic E-state index is 6.47. The first-order chi connectivity index (χ1) is 18.5. The molecule has 1 radical (unpaired) electrons. The molecule has 38 heavy (non-hydrogen) atoms. The summed E-state index contributed by atoms with van der Waals surface area (Å²) in [7, 11) is -4.70. The van der Waals surface area contributed by atoms with Crippen LogP contribution in [0.3, 0.4) is 0 Å². The fourth-order valence-corrected chi connectivity index (χ4v) is 22.2. The van der Waals surface area contributed by atoms with Crippen LogP contribution >= 0.6 is 0 Å². The zero-order valence-electron chi connectivity index (χ0n) is 23.6. The normalized spacial score (nSPS) is 17.4. The molecule has 0 saturated carbocycles. The molecule has 0 aromatic heterocycles. The van der Waals surface area contributed by atoms with Crippen molar-refractivity contribution in [1.82, 2.24) is 0 Å². The number of terminal acetylenes is 1. The van der Waals surface area contributed by atoms with Crippen molar-refractivity contribution in [2.45, 2.75) is 58.4 Å². The molecule has 1 unspecified atom stereocenters. The van der Waals surface area contributed by atoms with Gasteiger partial charge in [0.1, 0.15) is 7.59 Å². The van der Waals surface area contributed by atoms with Gasteiger partial charge in [-0.2, -0.15) is 0 Å². The summed E-state index contributed by atoms with van der Waals surface area (Å²) in [4.78, 5) is 0. The van der Waals surface area contributed by atoms with Crippen LogP contribution in [-0.2, 0) is 0 Å². The van der Waals surface area contributed by atoms with Crippen LogP contribution in [0, 0.1) is 23.8 Å². The molecule has 3 aromatic rings. The van der Waals surface area contributed by atoms with Crippen molar-refractivity contribution < 1.29 is 0 Å². The van der Waals surface area contributed by atoms with Gasteiger partial charge in [0.25, 0.3) is 0 Å². The summed E-state index contributed by atoms with van der Waals surface area (Å²) in [6, 6.07) is 37.6. The molecule has 1 atom stereocenters. The van der Waals surface area contributed by atoms with Gasteiger partial charge in [-0.3, -0.25) is 0 Å². The average molecular weight is 544 g/mol. The Morgan fingerprint density at radius 3 is 1.55 bits per heavy atom. The average Bonchev–Trinajstić information content (AvgIpc) is 3.25. The van der Waals surface area contributed by atoms with Gasteiger partial charge in [-0.05, 0) is 27.5 Å². The second-order valence-electron chi connectivity index (χ2n) is 10.2. The zero-order chi connectivity index (χ0) is 27.2. The second-order valence-corrected chi connectivity index (χ2v) is 25.5. The Balaban J connectivity index is 2.14. The van der Waals surface area contributed by atoms with E-state index in [0.29, 0.717) is 0 Å². The molecule has 1 aliphatic rings. The summed E-state index contributed by atoms with van der Waals surface area (Å²) in [6.45, 7) is 12.0. The molecule has 3 aromatic carbocycles. The van der Waals surface area contributed by atoms with Crippen LogP contribution in [-0.4, -0.2) is 24.0 Å². The molecule has 0 saturated heterocycles. The Kier molecular flexibility index (Phi) is 8.95. The molecule has 0 fully saturated rings. The molecular weight excluding hydrogens is 505 g/mol. The van der Waals surface area contributed by atoms with E-state index in [1.165, 1.54) is 56.8 Å². The van der Waals surface area contributed by atoms with E-state index in [1.54, 1.807) is 0 Å². The van der Waals surface area contributed by atoms with Gasteiger partial charge in [-0.15, -0.1) is 12.0 Å². The van der Waals surface area contributed by atoms with Crippen LogP contribution in [0.25, 0.3) is 11.1 Å². The number of allylic oxidation sites excluding steroid dienone is 4. The van der Waals surface area contributed by atoms with Crippen molar-refractivity contribution in [3.8, 4) is 23.8 Å². The highest BCUT2D eigenvalue weighted by Crippen LogP contribution is 2.48. The second kappa shape index (κ2) is 12.2. The van der Waals surface area contributed by atoms with E-state index >= 15 is 0 Å². The van der Waals surface area contributed by atoms with Crippen molar-refractivity contribution in [3.05, 3.63) is 113 Å². The van der Waals surface area contributed by atoms with Gasteiger partial charge in [0.15, 0.2) is 8.07 Å². The molecule has 1 aliphatic heterocycles. The van der Waals surface area contributed by atoms with Gasteiger partial charge in [0, 0.05) is 10.4 Å². The first-order valence-corrected chi connectivity index (χ1v) is 21.8. The lowest BCUT2D eigenvalue weighted by Gasteiger charge is -2.31. The highest BCUT2D eigenvalue weighted by Gasteiger charge is 2.47. The fourth-order valence-electron chi connectivity index (χ4n) is 6.25. The Morgan fingerprint density at radius 1 is 0.684 bits per heavy atom. The van der Waals surface area contributed by atoms with Crippen LogP contribution in [0.1, 0.15) is 38.8 Å². The Bertz CT molecular complexity index is 1410. The molecule has 3 heteroatoms. The lowest BCUT2D eigenvalue weighted by Crippen LogP contribution is -2.50. The molecule has 0 aliphatic carbocycles. The van der Waals surface area contributed by atoms with Crippen LogP contribution in [0.5, 0.6) is 0 Å². The van der Waals surface area contributed by atoms with Crippen LogP contribution in [0.4, 0.5) is 0 Å². The minimum atomic E-state index is -2.51. The molecule has 1 heterocycles. The summed E-state index contributed by atoms with van der Waals surface area (Å²) >= 11 is 0. The Hall–Kier alpha value is -3.09. The molecule has 0 N–H and O–H groups in total. The number of rotatable bonds is 8. The maximum Gasteiger partial charge on any atom is 0.167 e. The smallest absolute Gasteiger partial charge is 0.130 e. The SMILES string of the molecule is C#CC1=C(c2ccccc2)C(c2ccccc2)=C(C#C[Si](CC)(CC)[Si](CC)CC)[Si]1(C)c1ccccc1. The number of hydrogen-bond acceptors (Lipinski definition) is 0. The summed E-state index contributed by atoms with van der Waals surface area (Å²) in [5.41, 5.74) is 9.00. The minimum absolute atomic E-state index is 0.476. The van der Waals surface area contributed by atoms with E-state index in [0.717, 1.165) is 5.20 Å². The van der Waals surface area contributed by atoms with E-state index in [1.807, 2.05) is 0 Å². The van der Waals surface area contributed by atoms with Crippen LogP contribution < -0.4 is 5.19 Å². The quantitative estimate of drug-likeness (QED) is 0.198. The predicted octanol–water partition coefficient (Wildman–Crippen LogP) is 8.25. The summed E-state index contributed by atoms with van der Waals surface area (Å²) in [5, 5.41) is 3.79. The molecule has 0 spiro atoms. The Labute approximate surface area is 234 Å². The first kappa shape index (κ1) is 27.9. The van der Waals surface area contributed by atoms with E-state index in [9.17, 15) is 0 Å². The third-order valence-corrected chi connectivity index (χ3v) is 27.5. The number of hydrogen-bond donors (Lipinski definition) is 0. The van der Waals surface area contributed by atoms with Gasteiger partial charge < -0.3 is 0 Å². The molecule has 0 amide bonds. The third kappa shape index (κ3) is 4.88. The van der Waals surface area contributed by atoms with Crippen LogP contribution in [0.2, 0.25) is 30.7 Å². The standard InChI is InChI=1S/C35H39Si3/c1-7-32-34(29-21-15-12-16-22-29)35(30-23-17-13-18-24-30)33(37(32,6)31-25-19-14-20-26-31)27-28-38(10-4,11-5)36(8-2)9-3/h1,12-26H,8-11H2,2-6H3. The number of benzene rings is 3. The van der Waals surface area contributed by atoms with E-state index in [2.05, 4.69) is 143 Å². The van der Waals surface area contributed by atoms with Crippen LogP contribution in [0.15, 0.2) is 101 Å². The van der Waals surface area contributed by atoms with Gasteiger partial charge >= 0.3 is 0 Å². The third-order valence-electron chi connectivity index (χ3n) is 8.53.